The maximum atomic E-state index is 13.9. The molecular formula is C20H21FN4OS. The minimum Gasteiger partial charge on any atom is -0.339 e. The Morgan fingerprint density at radius 2 is 2.15 bits per heavy atom. The predicted molar refractivity (Wildman–Crippen MR) is 104 cm³/mol. The molecule has 7 heteroatoms. The Kier molecular flexibility index (Phi) is 4.86. The number of hydrogen-bond donors (Lipinski definition) is 0. The number of amides is 1. The molecule has 1 amide bonds. The van der Waals surface area contributed by atoms with Crippen LogP contribution >= 0.6 is 11.3 Å². The third-order valence-corrected chi connectivity index (χ3v) is 5.99. The summed E-state index contributed by atoms with van der Waals surface area (Å²) in [7, 11) is 0. The number of aryl methyl sites for hydroxylation is 1. The lowest BCUT2D eigenvalue weighted by molar-refractivity contribution is -0.133. The summed E-state index contributed by atoms with van der Waals surface area (Å²) in [5.74, 6) is -0.0393. The van der Waals surface area contributed by atoms with Gasteiger partial charge >= 0.3 is 0 Å². The smallest absolute Gasteiger partial charge is 0.228 e. The number of nitrogens with zero attached hydrogens (tertiary/aromatic N) is 4. The summed E-state index contributed by atoms with van der Waals surface area (Å²) in [6.07, 6.45) is 1.75. The van der Waals surface area contributed by atoms with Crippen LogP contribution in [0.5, 0.6) is 0 Å². The van der Waals surface area contributed by atoms with E-state index in [4.69, 9.17) is 0 Å². The van der Waals surface area contributed by atoms with Crippen molar-refractivity contribution < 1.29 is 9.18 Å². The SMILES string of the molecule is Cc1nnc(-c2ccc3cnc(CC(=O)N4CC[C@H](C)[C@@H](F)C4)cc3c2)s1. The van der Waals surface area contributed by atoms with Crippen molar-refractivity contribution >= 4 is 28.0 Å². The lowest BCUT2D eigenvalue weighted by Gasteiger charge is -2.33. The Bertz CT molecular complexity index is 989. The summed E-state index contributed by atoms with van der Waals surface area (Å²) in [5, 5.41) is 12.1. The molecule has 0 N–H and O–H groups in total. The van der Waals surface area contributed by atoms with Crippen LogP contribution in [0.25, 0.3) is 21.3 Å². The molecule has 1 aromatic carbocycles. The summed E-state index contributed by atoms with van der Waals surface area (Å²) in [6.45, 7) is 4.64. The number of rotatable bonds is 3. The minimum absolute atomic E-state index is 0.0234. The molecule has 5 nitrogen and oxygen atoms in total. The molecule has 0 radical (unpaired) electrons. The van der Waals surface area contributed by atoms with Gasteiger partial charge in [-0.2, -0.15) is 0 Å². The van der Waals surface area contributed by atoms with E-state index in [0.717, 1.165) is 26.4 Å². The van der Waals surface area contributed by atoms with E-state index in [2.05, 4.69) is 15.2 Å². The lowest BCUT2D eigenvalue weighted by atomic mass is 9.97. The molecule has 0 saturated carbocycles. The fourth-order valence-electron chi connectivity index (χ4n) is 3.34. The topological polar surface area (TPSA) is 59.0 Å². The van der Waals surface area contributed by atoms with Crippen LogP contribution in [0, 0.1) is 12.8 Å². The highest BCUT2D eigenvalue weighted by Crippen LogP contribution is 2.27. The number of likely N-dealkylation sites (tertiary alicyclic amines) is 1. The van der Waals surface area contributed by atoms with E-state index in [1.807, 2.05) is 38.1 Å². The van der Waals surface area contributed by atoms with Crippen molar-refractivity contribution in [2.75, 3.05) is 13.1 Å². The Morgan fingerprint density at radius 3 is 2.89 bits per heavy atom. The van der Waals surface area contributed by atoms with Crippen molar-refractivity contribution in [3.63, 3.8) is 0 Å². The quantitative estimate of drug-likeness (QED) is 0.689. The van der Waals surface area contributed by atoms with E-state index in [1.165, 1.54) is 0 Å². The first kappa shape index (κ1) is 18.0. The largest absolute Gasteiger partial charge is 0.339 e. The van der Waals surface area contributed by atoms with Gasteiger partial charge in [0.1, 0.15) is 16.2 Å². The van der Waals surface area contributed by atoms with E-state index >= 15 is 0 Å². The molecule has 3 heterocycles. The Balaban J connectivity index is 1.54. The van der Waals surface area contributed by atoms with Crippen LogP contribution in [0.1, 0.15) is 24.0 Å². The molecule has 1 aliphatic rings. The van der Waals surface area contributed by atoms with Crippen molar-refractivity contribution in [3.8, 4) is 10.6 Å². The average molecular weight is 384 g/mol. The number of hydrogen-bond acceptors (Lipinski definition) is 5. The Hall–Kier alpha value is -2.41. The zero-order valence-electron chi connectivity index (χ0n) is 15.4. The molecule has 1 fully saturated rings. The van der Waals surface area contributed by atoms with Gasteiger partial charge in [0.05, 0.1) is 18.7 Å². The Labute approximate surface area is 161 Å². The molecule has 27 heavy (non-hydrogen) atoms. The molecule has 4 rings (SSSR count). The second-order valence-corrected chi connectivity index (χ2v) is 8.34. The summed E-state index contributed by atoms with van der Waals surface area (Å²) >= 11 is 1.55. The van der Waals surface area contributed by atoms with Gasteiger partial charge in [0.15, 0.2) is 0 Å². The molecule has 1 aliphatic heterocycles. The van der Waals surface area contributed by atoms with Crippen molar-refractivity contribution in [1.82, 2.24) is 20.1 Å². The van der Waals surface area contributed by atoms with Crippen LogP contribution < -0.4 is 0 Å². The van der Waals surface area contributed by atoms with Crippen LogP contribution in [0.15, 0.2) is 30.5 Å². The molecule has 2 aromatic heterocycles. The highest BCUT2D eigenvalue weighted by atomic mass is 32.1. The second kappa shape index (κ2) is 7.31. The molecule has 0 spiro atoms. The number of carbonyl (C=O) groups is 1. The number of fused-ring (bicyclic) bond motifs is 1. The normalized spacial score (nSPS) is 20.2. The summed E-state index contributed by atoms with van der Waals surface area (Å²) < 4.78 is 13.9. The number of halogens is 1. The summed E-state index contributed by atoms with van der Waals surface area (Å²) in [4.78, 5) is 18.6. The van der Waals surface area contributed by atoms with Crippen LogP contribution in [0.2, 0.25) is 0 Å². The van der Waals surface area contributed by atoms with Crippen molar-refractivity contribution in [3.05, 3.63) is 41.2 Å². The van der Waals surface area contributed by atoms with Crippen LogP contribution in [0.4, 0.5) is 4.39 Å². The number of pyridine rings is 1. The van der Waals surface area contributed by atoms with E-state index in [9.17, 15) is 9.18 Å². The van der Waals surface area contributed by atoms with E-state index < -0.39 is 6.17 Å². The number of benzene rings is 1. The molecule has 0 unspecified atom stereocenters. The van der Waals surface area contributed by atoms with Gasteiger partial charge in [-0.1, -0.05) is 30.4 Å². The first-order valence-electron chi connectivity index (χ1n) is 9.10. The van der Waals surface area contributed by atoms with Crippen molar-refractivity contribution in [2.45, 2.75) is 32.9 Å². The summed E-state index contributed by atoms with van der Waals surface area (Å²) in [5.41, 5.74) is 1.70. The van der Waals surface area contributed by atoms with E-state index in [0.29, 0.717) is 18.7 Å². The van der Waals surface area contributed by atoms with Gasteiger partial charge in [-0.05, 0) is 36.8 Å². The van der Waals surface area contributed by atoms with Gasteiger partial charge < -0.3 is 4.90 Å². The maximum Gasteiger partial charge on any atom is 0.228 e. The number of aromatic nitrogens is 3. The molecule has 0 aliphatic carbocycles. The zero-order valence-corrected chi connectivity index (χ0v) is 16.2. The first-order valence-corrected chi connectivity index (χ1v) is 9.92. The van der Waals surface area contributed by atoms with Crippen LogP contribution in [-0.2, 0) is 11.2 Å². The molecule has 0 bridgehead atoms. The first-order chi connectivity index (χ1) is 13.0. The molecule has 1 saturated heterocycles. The monoisotopic (exact) mass is 384 g/mol. The standard InChI is InChI=1S/C20H21FN4OS/c1-12-5-6-25(11-18(12)21)19(26)9-17-8-16-7-14(3-4-15(16)10-22-17)20-24-23-13(2)27-20/h3-4,7-8,10,12,18H,5-6,9,11H2,1-2H3/t12-,18-/m0/s1. The number of piperidine rings is 1. The highest BCUT2D eigenvalue weighted by Gasteiger charge is 2.28. The highest BCUT2D eigenvalue weighted by molar-refractivity contribution is 7.14. The maximum absolute atomic E-state index is 13.9. The van der Waals surface area contributed by atoms with Crippen LogP contribution in [-0.4, -0.2) is 45.2 Å². The lowest BCUT2D eigenvalue weighted by Crippen LogP contribution is -2.44. The molecule has 140 valence electrons. The third-order valence-electron chi connectivity index (χ3n) is 5.10. The predicted octanol–water partition coefficient (Wildman–Crippen LogP) is 3.81. The molecule has 3 aromatic rings. The molecular weight excluding hydrogens is 363 g/mol. The third kappa shape index (κ3) is 3.83. The van der Waals surface area contributed by atoms with Gasteiger partial charge in [0.2, 0.25) is 5.91 Å². The Morgan fingerprint density at radius 1 is 1.30 bits per heavy atom. The van der Waals surface area contributed by atoms with Gasteiger partial charge in [0, 0.05) is 23.7 Å². The van der Waals surface area contributed by atoms with Crippen molar-refractivity contribution in [2.24, 2.45) is 5.92 Å². The molecule has 2 atom stereocenters. The second-order valence-electron chi connectivity index (χ2n) is 7.16. The average Bonchev–Trinajstić information content (AvgIpc) is 3.09. The van der Waals surface area contributed by atoms with Crippen LogP contribution in [0.3, 0.4) is 0 Å². The van der Waals surface area contributed by atoms with Gasteiger partial charge in [-0.3, -0.25) is 9.78 Å². The summed E-state index contributed by atoms with van der Waals surface area (Å²) in [6, 6.07) is 7.99. The fourth-order valence-corrected chi connectivity index (χ4v) is 4.03. The van der Waals surface area contributed by atoms with E-state index in [-0.39, 0.29) is 24.8 Å². The van der Waals surface area contributed by atoms with Gasteiger partial charge in [0.25, 0.3) is 0 Å². The van der Waals surface area contributed by atoms with Gasteiger partial charge in [-0.25, -0.2) is 4.39 Å². The number of alkyl halides is 1. The fraction of sp³-hybridized carbons (Fsp3) is 0.400. The minimum atomic E-state index is -0.940. The van der Waals surface area contributed by atoms with Gasteiger partial charge in [-0.15, -0.1) is 10.2 Å². The van der Waals surface area contributed by atoms with Crippen molar-refractivity contribution in [1.29, 1.82) is 0 Å². The number of carbonyl (C=O) groups excluding carboxylic acids is 1. The zero-order chi connectivity index (χ0) is 19.0. The van der Waals surface area contributed by atoms with E-state index in [1.54, 1.807) is 22.4 Å².